The highest BCUT2D eigenvalue weighted by molar-refractivity contribution is 5.76. The maximum atomic E-state index is 12.1. The molecule has 1 saturated heterocycles. The summed E-state index contributed by atoms with van der Waals surface area (Å²) >= 11 is 0. The summed E-state index contributed by atoms with van der Waals surface area (Å²) in [6.45, 7) is 9.91. The van der Waals surface area contributed by atoms with Gasteiger partial charge in [-0.2, -0.15) is 0 Å². The zero-order chi connectivity index (χ0) is 14.6. The summed E-state index contributed by atoms with van der Waals surface area (Å²) in [6.07, 6.45) is 8.18. The molecule has 1 heterocycles. The van der Waals surface area contributed by atoms with Gasteiger partial charge in [-0.05, 0) is 49.9 Å². The zero-order valence-corrected chi connectivity index (χ0v) is 13.6. The Balaban J connectivity index is 1.68. The van der Waals surface area contributed by atoms with Gasteiger partial charge in [-0.3, -0.25) is 4.79 Å². The molecule has 1 aliphatic heterocycles. The van der Waals surface area contributed by atoms with Gasteiger partial charge in [0.05, 0.1) is 0 Å². The first-order valence-corrected chi connectivity index (χ1v) is 8.47. The first-order chi connectivity index (χ1) is 9.46. The maximum Gasteiger partial charge on any atom is 0.223 e. The fourth-order valence-corrected chi connectivity index (χ4v) is 4.19. The number of nitrogens with zero attached hydrogens (tertiary/aromatic N) is 1. The van der Waals surface area contributed by atoms with Crippen molar-refractivity contribution in [2.24, 2.45) is 11.3 Å². The van der Waals surface area contributed by atoms with Gasteiger partial charge >= 0.3 is 0 Å². The molecule has 1 N–H and O–H groups in total. The summed E-state index contributed by atoms with van der Waals surface area (Å²) in [7, 11) is 0. The van der Waals surface area contributed by atoms with Crippen LogP contribution in [0.25, 0.3) is 0 Å². The lowest BCUT2D eigenvalue weighted by Crippen LogP contribution is -2.42. The van der Waals surface area contributed by atoms with Gasteiger partial charge in [0.1, 0.15) is 0 Å². The molecule has 1 amide bonds. The minimum atomic E-state index is 0.348. The van der Waals surface area contributed by atoms with Crippen molar-refractivity contribution in [2.75, 3.05) is 19.6 Å². The number of carbonyl (C=O) groups is 1. The fraction of sp³-hybridized carbons (Fsp3) is 0.941. The van der Waals surface area contributed by atoms with Crippen molar-refractivity contribution in [3.8, 4) is 0 Å². The van der Waals surface area contributed by atoms with Gasteiger partial charge in [0.2, 0.25) is 5.91 Å². The van der Waals surface area contributed by atoms with Crippen LogP contribution in [-0.4, -0.2) is 36.5 Å². The zero-order valence-electron chi connectivity index (χ0n) is 13.6. The number of carbonyl (C=O) groups excluding carboxylic acids is 1. The molecule has 116 valence electrons. The van der Waals surface area contributed by atoms with Crippen molar-refractivity contribution in [1.82, 2.24) is 10.2 Å². The van der Waals surface area contributed by atoms with Gasteiger partial charge < -0.3 is 10.2 Å². The SMILES string of the molecule is CC1CC(NCCC(=O)N2CCCCC2)CC(C)(C)C1. The van der Waals surface area contributed by atoms with Crippen LogP contribution in [-0.2, 0) is 4.79 Å². The average Bonchev–Trinajstić information content (AvgIpc) is 2.37. The smallest absolute Gasteiger partial charge is 0.223 e. The van der Waals surface area contributed by atoms with Gasteiger partial charge in [-0.25, -0.2) is 0 Å². The number of rotatable bonds is 4. The minimum absolute atomic E-state index is 0.348. The Morgan fingerprint density at radius 2 is 1.90 bits per heavy atom. The van der Waals surface area contributed by atoms with Gasteiger partial charge in [0.25, 0.3) is 0 Å². The van der Waals surface area contributed by atoms with Crippen molar-refractivity contribution in [3.05, 3.63) is 0 Å². The molecule has 0 aromatic rings. The quantitative estimate of drug-likeness (QED) is 0.857. The second-order valence-corrected chi connectivity index (χ2v) is 7.76. The normalized spacial score (nSPS) is 30.2. The van der Waals surface area contributed by atoms with Crippen LogP contribution in [0.5, 0.6) is 0 Å². The molecule has 2 atom stereocenters. The highest BCUT2D eigenvalue weighted by Crippen LogP contribution is 2.38. The lowest BCUT2D eigenvalue weighted by atomic mass is 9.70. The Labute approximate surface area is 124 Å². The molecule has 3 nitrogen and oxygen atoms in total. The first kappa shape index (κ1) is 15.8. The molecule has 0 aromatic heterocycles. The molecule has 1 aliphatic carbocycles. The van der Waals surface area contributed by atoms with Crippen LogP contribution in [0.15, 0.2) is 0 Å². The van der Waals surface area contributed by atoms with Crippen LogP contribution >= 0.6 is 0 Å². The predicted octanol–water partition coefficient (Wildman–Crippen LogP) is 3.19. The van der Waals surface area contributed by atoms with Gasteiger partial charge in [-0.1, -0.05) is 20.8 Å². The Hall–Kier alpha value is -0.570. The third-order valence-corrected chi connectivity index (χ3v) is 4.87. The van der Waals surface area contributed by atoms with Gasteiger partial charge in [0, 0.05) is 32.1 Å². The lowest BCUT2D eigenvalue weighted by molar-refractivity contribution is -0.132. The summed E-state index contributed by atoms with van der Waals surface area (Å²) in [5.74, 6) is 1.15. The second-order valence-electron chi connectivity index (χ2n) is 7.76. The topological polar surface area (TPSA) is 32.3 Å². The lowest BCUT2D eigenvalue weighted by Gasteiger charge is -2.39. The summed E-state index contributed by atoms with van der Waals surface area (Å²) in [5.41, 5.74) is 0.451. The molecule has 3 heteroatoms. The van der Waals surface area contributed by atoms with E-state index < -0.39 is 0 Å². The maximum absolute atomic E-state index is 12.1. The molecule has 0 aromatic carbocycles. The van der Waals surface area contributed by atoms with Crippen LogP contribution in [0.2, 0.25) is 0 Å². The van der Waals surface area contributed by atoms with Gasteiger partial charge in [-0.15, -0.1) is 0 Å². The molecule has 1 saturated carbocycles. The third-order valence-electron chi connectivity index (χ3n) is 4.87. The van der Waals surface area contributed by atoms with Crippen LogP contribution in [0.1, 0.15) is 65.7 Å². The van der Waals surface area contributed by atoms with Crippen molar-refractivity contribution in [1.29, 1.82) is 0 Å². The van der Waals surface area contributed by atoms with E-state index in [0.717, 1.165) is 25.6 Å². The van der Waals surface area contributed by atoms with E-state index in [-0.39, 0.29) is 0 Å². The number of piperidine rings is 1. The Kier molecular flexibility index (Phi) is 5.48. The van der Waals surface area contributed by atoms with E-state index in [1.807, 2.05) is 0 Å². The molecular formula is C17H32N2O. The van der Waals surface area contributed by atoms with E-state index in [0.29, 0.717) is 23.8 Å². The van der Waals surface area contributed by atoms with Crippen LogP contribution in [0.3, 0.4) is 0 Å². The predicted molar refractivity (Wildman–Crippen MR) is 83.6 cm³/mol. The molecule has 0 radical (unpaired) electrons. The second kappa shape index (κ2) is 6.93. The van der Waals surface area contributed by atoms with E-state index in [1.165, 1.54) is 38.5 Å². The molecule has 2 unspecified atom stereocenters. The Bertz CT molecular complexity index is 321. The minimum Gasteiger partial charge on any atom is -0.343 e. The first-order valence-electron chi connectivity index (χ1n) is 8.47. The number of hydrogen-bond acceptors (Lipinski definition) is 2. The number of hydrogen-bond donors (Lipinski definition) is 1. The van der Waals surface area contributed by atoms with E-state index in [9.17, 15) is 4.79 Å². The van der Waals surface area contributed by atoms with Crippen LogP contribution in [0.4, 0.5) is 0 Å². The fourth-order valence-electron chi connectivity index (χ4n) is 4.19. The van der Waals surface area contributed by atoms with E-state index in [1.54, 1.807) is 0 Å². The van der Waals surface area contributed by atoms with Crippen molar-refractivity contribution in [3.63, 3.8) is 0 Å². The molecule has 2 rings (SSSR count). The Morgan fingerprint density at radius 3 is 2.55 bits per heavy atom. The average molecular weight is 280 g/mol. The Morgan fingerprint density at radius 1 is 1.20 bits per heavy atom. The van der Waals surface area contributed by atoms with Crippen molar-refractivity contribution >= 4 is 5.91 Å². The molecular weight excluding hydrogens is 248 g/mol. The third kappa shape index (κ3) is 4.76. The number of likely N-dealkylation sites (tertiary alicyclic amines) is 1. The van der Waals surface area contributed by atoms with E-state index in [4.69, 9.17) is 0 Å². The summed E-state index contributed by atoms with van der Waals surface area (Å²) < 4.78 is 0. The van der Waals surface area contributed by atoms with E-state index >= 15 is 0 Å². The summed E-state index contributed by atoms with van der Waals surface area (Å²) in [4.78, 5) is 14.2. The number of amides is 1. The monoisotopic (exact) mass is 280 g/mol. The molecule has 2 fully saturated rings. The summed E-state index contributed by atoms with van der Waals surface area (Å²) in [6, 6.07) is 0.600. The van der Waals surface area contributed by atoms with Crippen LogP contribution < -0.4 is 5.32 Å². The summed E-state index contributed by atoms with van der Waals surface area (Å²) in [5, 5.41) is 3.63. The largest absolute Gasteiger partial charge is 0.343 e. The standard InChI is InChI=1S/C17H32N2O/c1-14-11-15(13-17(2,3)12-14)18-8-7-16(20)19-9-5-4-6-10-19/h14-15,18H,4-13H2,1-3H3. The van der Waals surface area contributed by atoms with Gasteiger partial charge in [0.15, 0.2) is 0 Å². The van der Waals surface area contributed by atoms with Crippen molar-refractivity contribution < 1.29 is 4.79 Å². The molecule has 0 spiro atoms. The molecule has 20 heavy (non-hydrogen) atoms. The number of nitrogens with one attached hydrogen (secondary N) is 1. The highest BCUT2D eigenvalue weighted by Gasteiger charge is 2.31. The molecule has 2 aliphatic rings. The molecule has 0 bridgehead atoms. The van der Waals surface area contributed by atoms with Crippen LogP contribution in [0, 0.1) is 11.3 Å². The highest BCUT2D eigenvalue weighted by atomic mass is 16.2. The van der Waals surface area contributed by atoms with Crippen molar-refractivity contribution in [2.45, 2.75) is 71.8 Å². The van der Waals surface area contributed by atoms with E-state index in [2.05, 4.69) is 31.0 Å².